The Morgan fingerprint density at radius 2 is 0.688 bits per heavy atom. The first kappa shape index (κ1) is 60.6. The molecule has 0 radical (unpaired) electrons. The lowest BCUT2D eigenvalue weighted by molar-refractivity contribution is -0.166. The summed E-state index contributed by atoms with van der Waals surface area (Å²) in [6.45, 7) is 6.41. The number of rotatable bonds is 47. The zero-order chi connectivity index (χ0) is 46.5. The first-order chi connectivity index (χ1) is 31.5. The highest BCUT2D eigenvalue weighted by Crippen LogP contribution is 2.14. The van der Waals surface area contributed by atoms with Gasteiger partial charge in [-0.1, -0.05) is 215 Å². The van der Waals surface area contributed by atoms with Crippen LogP contribution in [0.1, 0.15) is 245 Å². The Kier molecular flexibility index (Phi) is 49.4. The number of unbranched alkanes of at least 4 members (excludes halogenated alkanes) is 23. The van der Waals surface area contributed by atoms with Crippen LogP contribution in [-0.2, 0) is 28.6 Å². The van der Waals surface area contributed by atoms with Crippen molar-refractivity contribution >= 4 is 17.9 Å². The Morgan fingerprint density at radius 3 is 1.17 bits per heavy atom. The minimum atomic E-state index is -0.812. The number of hydrogen-bond donors (Lipinski definition) is 0. The van der Waals surface area contributed by atoms with Crippen molar-refractivity contribution in [3.8, 4) is 0 Å². The quantitative estimate of drug-likeness (QED) is 0.0199. The van der Waals surface area contributed by atoms with E-state index in [2.05, 4.69) is 99.8 Å². The van der Waals surface area contributed by atoms with Crippen molar-refractivity contribution in [2.75, 3.05) is 13.2 Å². The van der Waals surface area contributed by atoms with Crippen molar-refractivity contribution in [1.29, 1.82) is 0 Å². The fourth-order valence-electron chi connectivity index (χ4n) is 7.15. The standard InChI is InChI=1S/C58H98O6/c1-4-7-10-13-16-19-22-25-27-28-29-30-31-34-36-39-42-45-48-51-57(60)63-54-55(53-62-56(59)50-47-44-41-38-35-32-24-21-18-15-12-9-6-3)64-58(61)52-49-46-43-40-37-33-26-23-20-17-14-11-8-5-2/h8,11,16-17,19-20,22,25-26,32-33,35,41,44,55H,4-7,9-10,12-15,18,21,23-24,27-31,34,36-40,42-43,45-54H2,1-3H3/b11-8-,19-16-,20-17-,25-22-,33-26-,35-32-,44-41-. The molecule has 6 heteroatoms. The summed E-state index contributed by atoms with van der Waals surface area (Å²) < 4.78 is 16.7. The van der Waals surface area contributed by atoms with Crippen molar-refractivity contribution in [2.45, 2.75) is 252 Å². The third-order valence-corrected chi connectivity index (χ3v) is 11.1. The molecule has 0 rings (SSSR count). The maximum Gasteiger partial charge on any atom is 0.306 e. The molecule has 6 nitrogen and oxygen atoms in total. The van der Waals surface area contributed by atoms with E-state index in [0.717, 1.165) is 83.5 Å². The first-order valence-corrected chi connectivity index (χ1v) is 26.6. The molecule has 0 heterocycles. The van der Waals surface area contributed by atoms with Gasteiger partial charge < -0.3 is 14.2 Å². The summed E-state index contributed by atoms with van der Waals surface area (Å²) in [5.74, 6) is -1.00. The summed E-state index contributed by atoms with van der Waals surface area (Å²) in [4.78, 5) is 38.0. The van der Waals surface area contributed by atoms with Crippen LogP contribution in [0.3, 0.4) is 0 Å². The van der Waals surface area contributed by atoms with E-state index >= 15 is 0 Å². The Labute approximate surface area is 395 Å². The normalized spacial score (nSPS) is 12.7. The zero-order valence-electron chi connectivity index (χ0n) is 41.8. The molecular formula is C58H98O6. The molecule has 0 aromatic heterocycles. The molecule has 0 spiro atoms. The molecule has 0 saturated carbocycles. The molecule has 0 fully saturated rings. The maximum atomic E-state index is 12.8. The van der Waals surface area contributed by atoms with Crippen LogP contribution in [0, 0.1) is 0 Å². The van der Waals surface area contributed by atoms with E-state index in [1.165, 1.54) is 116 Å². The molecule has 0 aromatic carbocycles. The number of hydrogen-bond acceptors (Lipinski definition) is 6. The average Bonchev–Trinajstić information content (AvgIpc) is 3.29. The van der Waals surface area contributed by atoms with Gasteiger partial charge in [-0.3, -0.25) is 14.4 Å². The Bertz CT molecular complexity index is 1250. The van der Waals surface area contributed by atoms with Gasteiger partial charge in [-0.05, 0) is 96.3 Å². The van der Waals surface area contributed by atoms with Crippen molar-refractivity contribution in [3.63, 3.8) is 0 Å². The van der Waals surface area contributed by atoms with Gasteiger partial charge in [0.1, 0.15) is 13.2 Å². The van der Waals surface area contributed by atoms with Crippen LogP contribution in [0.15, 0.2) is 85.1 Å². The topological polar surface area (TPSA) is 78.9 Å². The Morgan fingerprint density at radius 1 is 0.344 bits per heavy atom. The van der Waals surface area contributed by atoms with Crippen LogP contribution in [0.4, 0.5) is 0 Å². The lowest BCUT2D eigenvalue weighted by Crippen LogP contribution is -2.30. The van der Waals surface area contributed by atoms with Crippen LogP contribution >= 0.6 is 0 Å². The minimum Gasteiger partial charge on any atom is -0.462 e. The highest BCUT2D eigenvalue weighted by atomic mass is 16.6. The van der Waals surface area contributed by atoms with E-state index in [0.29, 0.717) is 19.3 Å². The number of ether oxygens (including phenoxy) is 3. The van der Waals surface area contributed by atoms with Crippen molar-refractivity contribution in [3.05, 3.63) is 85.1 Å². The van der Waals surface area contributed by atoms with E-state index in [-0.39, 0.29) is 37.5 Å². The SMILES string of the molecule is CC/C=C\C/C=C\C/C=C\CCCCCCC(=O)OC(COC(=O)CC/C=C\C/C=C\CCCCCCCC)COC(=O)CCCCCCCCCCCC/C=C\C=C/CCCCC. The number of esters is 3. The summed E-state index contributed by atoms with van der Waals surface area (Å²) in [6, 6.07) is 0. The Hall–Kier alpha value is -3.41. The Balaban J connectivity index is 4.44. The summed E-state index contributed by atoms with van der Waals surface area (Å²) in [5, 5.41) is 0. The molecule has 0 aliphatic carbocycles. The van der Waals surface area contributed by atoms with E-state index in [1.54, 1.807) is 0 Å². The van der Waals surface area contributed by atoms with Gasteiger partial charge in [0.2, 0.25) is 0 Å². The van der Waals surface area contributed by atoms with E-state index in [4.69, 9.17) is 14.2 Å². The molecule has 0 aromatic rings. The fourth-order valence-corrected chi connectivity index (χ4v) is 7.15. The smallest absolute Gasteiger partial charge is 0.306 e. The summed E-state index contributed by atoms with van der Waals surface area (Å²) in [7, 11) is 0. The molecule has 64 heavy (non-hydrogen) atoms. The monoisotopic (exact) mass is 891 g/mol. The highest BCUT2D eigenvalue weighted by molar-refractivity contribution is 5.71. The molecule has 0 saturated heterocycles. The third kappa shape index (κ3) is 49.6. The molecule has 0 aliphatic heterocycles. The summed E-state index contributed by atoms with van der Waals surface area (Å²) in [6.07, 6.45) is 67.2. The van der Waals surface area contributed by atoms with Gasteiger partial charge in [0, 0.05) is 19.3 Å². The predicted molar refractivity (Wildman–Crippen MR) is 274 cm³/mol. The molecule has 1 unspecified atom stereocenters. The zero-order valence-corrected chi connectivity index (χ0v) is 41.8. The maximum absolute atomic E-state index is 12.8. The van der Waals surface area contributed by atoms with E-state index in [9.17, 15) is 14.4 Å². The van der Waals surface area contributed by atoms with Gasteiger partial charge in [-0.2, -0.15) is 0 Å². The predicted octanol–water partition coefficient (Wildman–Crippen LogP) is 17.6. The second kappa shape index (κ2) is 52.2. The van der Waals surface area contributed by atoms with E-state index < -0.39 is 6.10 Å². The molecule has 0 amide bonds. The van der Waals surface area contributed by atoms with Gasteiger partial charge >= 0.3 is 17.9 Å². The second-order valence-electron chi connectivity index (χ2n) is 17.4. The minimum absolute atomic E-state index is 0.105. The molecular weight excluding hydrogens is 793 g/mol. The number of allylic oxidation sites excluding steroid dienone is 14. The van der Waals surface area contributed by atoms with Crippen LogP contribution in [0.25, 0.3) is 0 Å². The van der Waals surface area contributed by atoms with Gasteiger partial charge in [-0.25, -0.2) is 0 Å². The van der Waals surface area contributed by atoms with Gasteiger partial charge in [0.15, 0.2) is 6.10 Å². The average molecular weight is 891 g/mol. The van der Waals surface area contributed by atoms with Crippen molar-refractivity contribution in [1.82, 2.24) is 0 Å². The molecule has 0 N–H and O–H groups in total. The summed E-state index contributed by atoms with van der Waals surface area (Å²) in [5.41, 5.74) is 0. The van der Waals surface area contributed by atoms with Gasteiger partial charge in [0.25, 0.3) is 0 Å². The van der Waals surface area contributed by atoms with Crippen LogP contribution in [0.5, 0.6) is 0 Å². The molecule has 366 valence electrons. The first-order valence-electron chi connectivity index (χ1n) is 26.6. The largest absolute Gasteiger partial charge is 0.462 e. The highest BCUT2D eigenvalue weighted by Gasteiger charge is 2.19. The lowest BCUT2D eigenvalue weighted by atomic mass is 10.1. The van der Waals surface area contributed by atoms with Crippen LogP contribution in [-0.4, -0.2) is 37.2 Å². The van der Waals surface area contributed by atoms with Gasteiger partial charge in [0.05, 0.1) is 0 Å². The molecule has 0 bridgehead atoms. The lowest BCUT2D eigenvalue weighted by Gasteiger charge is -2.18. The summed E-state index contributed by atoms with van der Waals surface area (Å²) >= 11 is 0. The number of carbonyl (C=O) groups is 3. The van der Waals surface area contributed by atoms with Crippen molar-refractivity contribution < 1.29 is 28.6 Å². The molecule has 1 atom stereocenters. The van der Waals surface area contributed by atoms with Gasteiger partial charge in [-0.15, -0.1) is 0 Å². The van der Waals surface area contributed by atoms with E-state index in [1.807, 2.05) is 6.08 Å². The fraction of sp³-hybridized carbons (Fsp3) is 0.707. The number of carbonyl (C=O) groups excluding carboxylic acids is 3. The van der Waals surface area contributed by atoms with Crippen molar-refractivity contribution in [2.24, 2.45) is 0 Å². The second-order valence-corrected chi connectivity index (χ2v) is 17.4. The third-order valence-electron chi connectivity index (χ3n) is 11.1. The van der Waals surface area contributed by atoms with Crippen LogP contribution < -0.4 is 0 Å². The van der Waals surface area contributed by atoms with Crippen LogP contribution in [0.2, 0.25) is 0 Å². The molecule has 0 aliphatic rings.